The van der Waals surface area contributed by atoms with Crippen molar-refractivity contribution in [3.05, 3.63) is 46.4 Å². The van der Waals surface area contributed by atoms with Gasteiger partial charge in [-0.15, -0.1) is 11.3 Å². The number of thiazole rings is 1. The lowest BCUT2D eigenvalue weighted by Crippen LogP contribution is -2.29. The molecule has 1 aromatic carbocycles. The second kappa shape index (κ2) is 7.78. The molecule has 25 heavy (non-hydrogen) atoms. The molecular weight excluding hydrogens is 334 g/mol. The van der Waals surface area contributed by atoms with E-state index in [1.54, 1.807) is 34.6 Å². The second-order valence-corrected chi connectivity index (χ2v) is 7.65. The predicted molar refractivity (Wildman–Crippen MR) is 99.8 cm³/mol. The van der Waals surface area contributed by atoms with Gasteiger partial charge >= 0.3 is 0 Å². The van der Waals surface area contributed by atoms with Gasteiger partial charge in [0.2, 0.25) is 5.91 Å². The second-order valence-electron chi connectivity index (χ2n) is 6.72. The van der Waals surface area contributed by atoms with Crippen molar-refractivity contribution in [1.82, 2.24) is 10.3 Å². The number of rotatable bonds is 6. The summed E-state index contributed by atoms with van der Waals surface area (Å²) in [6.45, 7) is 5.02. The van der Waals surface area contributed by atoms with Crippen LogP contribution in [-0.4, -0.2) is 23.3 Å². The van der Waals surface area contributed by atoms with E-state index in [9.17, 15) is 9.59 Å². The number of nitrogens with one attached hydrogen (secondary N) is 1. The van der Waals surface area contributed by atoms with Crippen molar-refractivity contribution in [3.8, 4) is 0 Å². The molecule has 2 heterocycles. The average Bonchev–Trinajstić information content (AvgIpc) is 3.25. The Morgan fingerprint density at radius 1 is 1.32 bits per heavy atom. The third-order valence-corrected chi connectivity index (χ3v) is 5.17. The fraction of sp³-hybridized carbons (Fsp3) is 0.421. The molecule has 2 amide bonds. The van der Waals surface area contributed by atoms with Gasteiger partial charge in [0, 0.05) is 35.8 Å². The smallest absolute Gasteiger partial charge is 0.251 e. The van der Waals surface area contributed by atoms with Gasteiger partial charge in [-0.05, 0) is 43.0 Å². The summed E-state index contributed by atoms with van der Waals surface area (Å²) in [6.07, 6.45) is 4.11. The Hall–Kier alpha value is -2.21. The molecule has 5 nitrogen and oxygen atoms in total. The largest absolute Gasteiger partial charge is 0.343 e. The Labute approximate surface area is 152 Å². The van der Waals surface area contributed by atoms with Gasteiger partial charge in [0.05, 0.1) is 6.04 Å². The van der Waals surface area contributed by atoms with Crippen molar-refractivity contribution < 1.29 is 9.59 Å². The summed E-state index contributed by atoms with van der Waals surface area (Å²) in [4.78, 5) is 30.6. The van der Waals surface area contributed by atoms with E-state index in [1.807, 2.05) is 17.5 Å². The Balaban J connectivity index is 1.70. The van der Waals surface area contributed by atoms with Crippen LogP contribution in [0.5, 0.6) is 0 Å². The molecule has 6 heteroatoms. The molecule has 0 radical (unpaired) electrons. The number of benzene rings is 1. The van der Waals surface area contributed by atoms with Gasteiger partial charge in [-0.3, -0.25) is 9.59 Å². The molecule has 0 saturated carbocycles. The number of hydrogen-bond donors (Lipinski definition) is 1. The van der Waals surface area contributed by atoms with Crippen LogP contribution in [0.3, 0.4) is 0 Å². The zero-order chi connectivity index (χ0) is 17.8. The van der Waals surface area contributed by atoms with Crippen LogP contribution >= 0.6 is 11.3 Å². The molecule has 1 atom stereocenters. The van der Waals surface area contributed by atoms with Crippen LogP contribution < -0.4 is 10.2 Å². The van der Waals surface area contributed by atoms with Crippen molar-refractivity contribution >= 4 is 28.8 Å². The van der Waals surface area contributed by atoms with Crippen molar-refractivity contribution in [2.45, 2.75) is 39.2 Å². The molecule has 0 spiro atoms. The van der Waals surface area contributed by atoms with Crippen LogP contribution in [0.15, 0.2) is 35.8 Å². The van der Waals surface area contributed by atoms with Crippen LogP contribution in [0.25, 0.3) is 0 Å². The first-order valence-electron chi connectivity index (χ1n) is 8.65. The number of carbonyl (C=O) groups is 2. The highest BCUT2D eigenvalue weighted by Gasteiger charge is 2.22. The number of hydrogen-bond acceptors (Lipinski definition) is 4. The minimum Gasteiger partial charge on any atom is -0.343 e. The van der Waals surface area contributed by atoms with Crippen molar-refractivity contribution in [2.24, 2.45) is 5.92 Å². The minimum atomic E-state index is -0.111. The quantitative estimate of drug-likeness (QED) is 0.855. The summed E-state index contributed by atoms with van der Waals surface area (Å²) in [5, 5.41) is 5.95. The Morgan fingerprint density at radius 3 is 2.64 bits per heavy atom. The summed E-state index contributed by atoms with van der Waals surface area (Å²) < 4.78 is 0. The monoisotopic (exact) mass is 357 g/mol. The third-order valence-electron chi connectivity index (χ3n) is 4.28. The fourth-order valence-corrected chi connectivity index (χ4v) is 3.76. The zero-order valence-electron chi connectivity index (χ0n) is 14.6. The van der Waals surface area contributed by atoms with Crippen molar-refractivity contribution in [3.63, 3.8) is 0 Å². The van der Waals surface area contributed by atoms with Gasteiger partial charge in [-0.2, -0.15) is 0 Å². The van der Waals surface area contributed by atoms with E-state index >= 15 is 0 Å². The van der Waals surface area contributed by atoms with Gasteiger partial charge < -0.3 is 10.2 Å². The van der Waals surface area contributed by atoms with Gasteiger partial charge in [-0.1, -0.05) is 13.8 Å². The molecule has 1 aromatic heterocycles. The number of aromatic nitrogens is 1. The van der Waals surface area contributed by atoms with Crippen LogP contribution in [0, 0.1) is 5.92 Å². The topological polar surface area (TPSA) is 62.3 Å². The molecule has 132 valence electrons. The summed E-state index contributed by atoms with van der Waals surface area (Å²) in [5.41, 5.74) is 1.46. The maximum atomic E-state index is 12.6. The first-order valence-corrected chi connectivity index (χ1v) is 9.53. The molecule has 1 aliphatic rings. The first kappa shape index (κ1) is 17.6. The third kappa shape index (κ3) is 4.25. The highest BCUT2D eigenvalue weighted by atomic mass is 32.1. The number of carbonyl (C=O) groups excluding carboxylic acids is 2. The first-order chi connectivity index (χ1) is 12.0. The molecule has 1 N–H and O–H groups in total. The Kier molecular flexibility index (Phi) is 5.48. The van der Waals surface area contributed by atoms with Crippen molar-refractivity contribution in [2.75, 3.05) is 11.4 Å². The van der Waals surface area contributed by atoms with E-state index in [0.717, 1.165) is 30.1 Å². The standard InChI is InChI=1S/C19H23N3O2S/c1-13(2)12-16(19-20-9-11-25-19)21-18(24)14-5-7-15(8-6-14)22-10-3-4-17(22)23/h5-9,11,13,16H,3-4,10,12H2,1-2H3,(H,21,24). The van der Waals surface area contributed by atoms with Crippen LogP contribution in [0.4, 0.5) is 5.69 Å². The Bertz CT molecular complexity index is 726. The Morgan fingerprint density at radius 2 is 2.08 bits per heavy atom. The summed E-state index contributed by atoms with van der Waals surface area (Å²) in [5.74, 6) is 0.496. The predicted octanol–water partition coefficient (Wildman–Crippen LogP) is 3.79. The number of amides is 2. The molecule has 0 aliphatic carbocycles. The maximum Gasteiger partial charge on any atom is 0.251 e. The zero-order valence-corrected chi connectivity index (χ0v) is 15.4. The number of anilines is 1. The lowest BCUT2D eigenvalue weighted by Gasteiger charge is -2.19. The van der Waals surface area contributed by atoms with Gasteiger partial charge in [0.25, 0.3) is 5.91 Å². The molecule has 3 rings (SSSR count). The van der Waals surface area contributed by atoms with E-state index in [4.69, 9.17) is 0 Å². The number of nitrogens with zero attached hydrogens (tertiary/aromatic N) is 2. The van der Waals surface area contributed by atoms with Gasteiger partial charge in [0.15, 0.2) is 0 Å². The van der Waals surface area contributed by atoms with Crippen LogP contribution in [0.2, 0.25) is 0 Å². The fourth-order valence-electron chi connectivity index (χ4n) is 3.05. The SMILES string of the molecule is CC(C)CC(NC(=O)c1ccc(N2CCCC2=O)cc1)c1nccs1. The molecule has 1 unspecified atom stereocenters. The molecule has 2 aromatic rings. The summed E-state index contributed by atoms with van der Waals surface area (Å²) in [6, 6.07) is 7.18. The van der Waals surface area contributed by atoms with Crippen molar-refractivity contribution in [1.29, 1.82) is 0 Å². The molecule has 0 bridgehead atoms. The average molecular weight is 357 g/mol. The minimum absolute atomic E-state index is 0.0765. The maximum absolute atomic E-state index is 12.6. The summed E-state index contributed by atoms with van der Waals surface area (Å²) in [7, 11) is 0. The molecule has 1 saturated heterocycles. The van der Waals surface area contributed by atoms with E-state index < -0.39 is 0 Å². The van der Waals surface area contributed by atoms with E-state index in [1.165, 1.54) is 0 Å². The van der Waals surface area contributed by atoms with Crippen LogP contribution in [0.1, 0.15) is 54.5 Å². The summed E-state index contributed by atoms with van der Waals surface area (Å²) >= 11 is 1.56. The van der Waals surface area contributed by atoms with E-state index in [0.29, 0.717) is 17.9 Å². The highest BCUT2D eigenvalue weighted by molar-refractivity contribution is 7.09. The van der Waals surface area contributed by atoms with Gasteiger partial charge in [0.1, 0.15) is 5.01 Å². The van der Waals surface area contributed by atoms with E-state index in [2.05, 4.69) is 24.1 Å². The lowest BCUT2D eigenvalue weighted by atomic mass is 10.0. The van der Waals surface area contributed by atoms with E-state index in [-0.39, 0.29) is 17.9 Å². The van der Waals surface area contributed by atoms with Gasteiger partial charge in [-0.25, -0.2) is 4.98 Å². The molecule has 1 fully saturated rings. The lowest BCUT2D eigenvalue weighted by molar-refractivity contribution is -0.117. The molecule has 1 aliphatic heterocycles. The normalized spacial score (nSPS) is 15.6. The highest BCUT2D eigenvalue weighted by Crippen LogP contribution is 2.25. The van der Waals surface area contributed by atoms with Crippen LogP contribution in [-0.2, 0) is 4.79 Å². The molecular formula is C19H23N3O2S.